The number of hydrogen-bond donors (Lipinski definition) is 0. The molecule has 3 aromatic carbocycles. The molecule has 8 heteroatoms. The van der Waals surface area contributed by atoms with Crippen LogP contribution in [0, 0.1) is 0 Å². The number of rotatable bonds is 3. The minimum Gasteiger partial charge on any atom is -0.327 e. The number of fused-ring (bicyclic) bond motifs is 2. The van der Waals surface area contributed by atoms with Crippen LogP contribution in [0.25, 0.3) is 22.1 Å². The van der Waals surface area contributed by atoms with Crippen molar-refractivity contribution < 1.29 is 0 Å². The summed E-state index contributed by atoms with van der Waals surface area (Å²) in [7, 11) is 0. The number of benzene rings is 3. The van der Waals surface area contributed by atoms with Crippen molar-refractivity contribution in [2.24, 2.45) is 0 Å². The molecule has 5 aromatic rings. The Balaban J connectivity index is 1.54. The molecule has 0 spiro atoms. The van der Waals surface area contributed by atoms with E-state index in [-0.39, 0.29) is 12.3 Å². The maximum absolute atomic E-state index is 4.56. The zero-order valence-corrected chi connectivity index (χ0v) is 18.3. The molecule has 0 saturated carbocycles. The molecule has 0 aliphatic carbocycles. The van der Waals surface area contributed by atoms with Gasteiger partial charge in [0.1, 0.15) is 23.4 Å². The fraction of sp³-hybridized carbons (Fsp3) is 0.217. The molecule has 7 nitrogen and oxygen atoms in total. The van der Waals surface area contributed by atoms with Crippen LogP contribution in [-0.2, 0) is 0 Å². The molecule has 154 valence electrons. The highest BCUT2D eigenvalue weighted by Crippen LogP contribution is 2.41. The molecule has 6 rings (SSSR count). The standard InChI is InChI=1S/C23H20BrN7/c24-16-7-5-8-17(15-16)29-22(30-20-11-3-1-9-18(20)25-27-30)13-6-14-23(29)31-21-12-4-2-10-19(21)26-28-31/h1-5,7-12,15,22-23H,6,13-14H2/t22-,23+. The van der Waals surface area contributed by atoms with Crippen molar-refractivity contribution >= 4 is 43.7 Å². The Kier molecular flexibility index (Phi) is 4.45. The monoisotopic (exact) mass is 473 g/mol. The fourth-order valence-electron chi connectivity index (χ4n) is 4.64. The quantitative estimate of drug-likeness (QED) is 0.354. The van der Waals surface area contributed by atoms with Gasteiger partial charge >= 0.3 is 0 Å². The molecule has 0 radical (unpaired) electrons. The summed E-state index contributed by atoms with van der Waals surface area (Å²) < 4.78 is 5.16. The van der Waals surface area contributed by atoms with Crippen LogP contribution < -0.4 is 4.90 Å². The highest BCUT2D eigenvalue weighted by Gasteiger charge is 2.35. The van der Waals surface area contributed by atoms with Gasteiger partial charge in [-0.05, 0) is 61.7 Å². The summed E-state index contributed by atoms with van der Waals surface area (Å²) >= 11 is 3.65. The summed E-state index contributed by atoms with van der Waals surface area (Å²) in [5.74, 6) is 0. The van der Waals surface area contributed by atoms with E-state index >= 15 is 0 Å². The van der Waals surface area contributed by atoms with Gasteiger partial charge in [-0.1, -0.05) is 56.7 Å². The number of halogens is 1. The van der Waals surface area contributed by atoms with E-state index in [1.54, 1.807) is 0 Å². The topological polar surface area (TPSA) is 64.7 Å². The largest absolute Gasteiger partial charge is 0.327 e. The average molecular weight is 474 g/mol. The molecule has 3 heterocycles. The van der Waals surface area contributed by atoms with Crippen LogP contribution in [0.2, 0.25) is 0 Å². The molecular formula is C23H20BrN7. The molecule has 2 aromatic heterocycles. The van der Waals surface area contributed by atoms with Crippen LogP contribution in [0.5, 0.6) is 0 Å². The van der Waals surface area contributed by atoms with E-state index in [0.29, 0.717) is 0 Å². The lowest BCUT2D eigenvalue weighted by Crippen LogP contribution is -2.42. The van der Waals surface area contributed by atoms with Gasteiger partial charge in [-0.15, -0.1) is 10.2 Å². The Morgan fingerprint density at radius 2 is 1.29 bits per heavy atom. The predicted molar refractivity (Wildman–Crippen MR) is 124 cm³/mol. The first-order valence-electron chi connectivity index (χ1n) is 10.4. The molecule has 1 fully saturated rings. The first-order chi connectivity index (χ1) is 15.3. The number of piperidine rings is 1. The Labute approximate surface area is 187 Å². The summed E-state index contributed by atoms with van der Waals surface area (Å²) in [6, 6.07) is 24.7. The van der Waals surface area contributed by atoms with Crippen LogP contribution in [0.4, 0.5) is 5.69 Å². The van der Waals surface area contributed by atoms with Gasteiger partial charge in [0.25, 0.3) is 0 Å². The summed E-state index contributed by atoms with van der Waals surface area (Å²) in [5.41, 5.74) is 5.01. The van der Waals surface area contributed by atoms with Gasteiger partial charge in [-0.3, -0.25) is 0 Å². The molecule has 0 N–H and O–H groups in total. The van der Waals surface area contributed by atoms with Crippen LogP contribution in [0.1, 0.15) is 31.6 Å². The van der Waals surface area contributed by atoms with Crippen molar-refractivity contribution in [2.75, 3.05) is 4.90 Å². The van der Waals surface area contributed by atoms with Crippen molar-refractivity contribution in [2.45, 2.75) is 31.6 Å². The van der Waals surface area contributed by atoms with E-state index in [0.717, 1.165) is 51.5 Å². The number of aromatic nitrogens is 6. The first-order valence-corrected chi connectivity index (χ1v) is 11.2. The molecule has 0 unspecified atom stereocenters. The van der Waals surface area contributed by atoms with Gasteiger partial charge in [0.05, 0.1) is 11.0 Å². The highest BCUT2D eigenvalue weighted by atomic mass is 79.9. The number of anilines is 1. The Morgan fingerprint density at radius 1 is 0.710 bits per heavy atom. The van der Waals surface area contributed by atoms with Gasteiger partial charge < -0.3 is 4.90 Å². The summed E-state index contributed by atoms with van der Waals surface area (Å²) in [6.07, 6.45) is 3.04. The average Bonchev–Trinajstić information content (AvgIpc) is 3.43. The highest BCUT2D eigenvalue weighted by molar-refractivity contribution is 9.10. The van der Waals surface area contributed by atoms with Crippen LogP contribution in [0.3, 0.4) is 0 Å². The van der Waals surface area contributed by atoms with Crippen LogP contribution in [-0.4, -0.2) is 30.0 Å². The third-order valence-corrected chi connectivity index (χ3v) is 6.49. The second-order valence-electron chi connectivity index (χ2n) is 7.82. The number of nitrogens with zero attached hydrogens (tertiary/aromatic N) is 7. The maximum atomic E-state index is 4.56. The minimum absolute atomic E-state index is 0.0170. The second kappa shape index (κ2) is 7.46. The normalized spacial score (nSPS) is 19.3. The first kappa shape index (κ1) is 18.5. The van der Waals surface area contributed by atoms with E-state index in [9.17, 15) is 0 Å². The smallest absolute Gasteiger partial charge is 0.127 e. The summed E-state index contributed by atoms with van der Waals surface area (Å²) in [5, 5.41) is 18.0. The lowest BCUT2D eigenvalue weighted by molar-refractivity contribution is 0.247. The van der Waals surface area contributed by atoms with E-state index in [1.165, 1.54) is 0 Å². The molecule has 1 aliphatic rings. The van der Waals surface area contributed by atoms with E-state index in [2.05, 4.69) is 81.1 Å². The lowest BCUT2D eigenvalue weighted by Gasteiger charge is -2.43. The van der Waals surface area contributed by atoms with Gasteiger partial charge in [-0.25, -0.2) is 9.36 Å². The fourth-order valence-corrected chi connectivity index (χ4v) is 5.02. The van der Waals surface area contributed by atoms with Crippen molar-refractivity contribution in [3.8, 4) is 0 Å². The molecule has 0 bridgehead atoms. The Morgan fingerprint density at radius 3 is 1.87 bits per heavy atom. The molecule has 0 amide bonds. The molecule has 1 saturated heterocycles. The third-order valence-electron chi connectivity index (χ3n) is 5.99. The molecule has 31 heavy (non-hydrogen) atoms. The maximum Gasteiger partial charge on any atom is 0.127 e. The van der Waals surface area contributed by atoms with E-state index in [4.69, 9.17) is 0 Å². The van der Waals surface area contributed by atoms with Crippen molar-refractivity contribution in [3.05, 3.63) is 77.3 Å². The molecule has 2 atom stereocenters. The summed E-state index contributed by atoms with van der Waals surface area (Å²) in [6.45, 7) is 0. The lowest BCUT2D eigenvalue weighted by atomic mass is 10.0. The third kappa shape index (κ3) is 3.09. The van der Waals surface area contributed by atoms with E-state index in [1.807, 2.05) is 42.5 Å². The van der Waals surface area contributed by atoms with Crippen molar-refractivity contribution in [3.63, 3.8) is 0 Å². The zero-order valence-electron chi connectivity index (χ0n) is 16.7. The SMILES string of the molecule is Brc1cccc(N2[C@H](n3nnc4ccccc43)CCC[C@@H]2n2nnc3ccccc32)c1. The molecular weight excluding hydrogens is 454 g/mol. The Hall–Kier alpha value is -3.26. The van der Waals surface area contributed by atoms with E-state index < -0.39 is 0 Å². The van der Waals surface area contributed by atoms with Crippen LogP contribution in [0.15, 0.2) is 77.3 Å². The van der Waals surface area contributed by atoms with Gasteiger partial charge in [0.15, 0.2) is 0 Å². The van der Waals surface area contributed by atoms with Crippen molar-refractivity contribution in [1.82, 2.24) is 30.0 Å². The number of hydrogen-bond acceptors (Lipinski definition) is 5. The van der Waals surface area contributed by atoms with Crippen molar-refractivity contribution in [1.29, 1.82) is 0 Å². The van der Waals surface area contributed by atoms with Crippen LogP contribution >= 0.6 is 15.9 Å². The van der Waals surface area contributed by atoms with Gasteiger partial charge in [0.2, 0.25) is 0 Å². The van der Waals surface area contributed by atoms with Gasteiger partial charge in [0, 0.05) is 10.2 Å². The number of para-hydroxylation sites is 2. The molecule has 1 aliphatic heterocycles. The predicted octanol–water partition coefficient (Wildman–Crippen LogP) is 5.33. The summed E-state index contributed by atoms with van der Waals surface area (Å²) in [4.78, 5) is 2.41. The minimum atomic E-state index is 0.0170. The second-order valence-corrected chi connectivity index (χ2v) is 8.74. The zero-order chi connectivity index (χ0) is 20.8. The Bertz CT molecular complexity index is 1290. The van der Waals surface area contributed by atoms with Gasteiger partial charge in [-0.2, -0.15) is 0 Å².